The quantitative estimate of drug-likeness (QED) is 0.382. The maximum Gasteiger partial charge on any atom is 0.259 e. The van der Waals surface area contributed by atoms with Crippen LogP contribution < -0.4 is 14.8 Å². The molecule has 3 amide bonds. The van der Waals surface area contributed by atoms with Crippen molar-refractivity contribution >= 4 is 44.3 Å². The Bertz CT molecular complexity index is 1900. The Labute approximate surface area is 273 Å². The molecule has 4 fully saturated rings. The molecule has 8 rings (SSSR count). The Morgan fingerprint density at radius 2 is 1.87 bits per heavy atom. The van der Waals surface area contributed by atoms with E-state index < -0.39 is 44.8 Å². The average molecular weight is 661 g/mol. The second-order valence-corrected chi connectivity index (χ2v) is 15.9. The molecule has 3 aromatic rings. The fourth-order valence-corrected chi connectivity index (χ4v) is 8.50. The van der Waals surface area contributed by atoms with E-state index in [-0.39, 0.29) is 24.8 Å². The van der Waals surface area contributed by atoms with E-state index in [1.807, 2.05) is 42.5 Å². The van der Waals surface area contributed by atoms with Crippen molar-refractivity contribution in [2.75, 3.05) is 6.54 Å². The van der Waals surface area contributed by atoms with E-state index in [1.54, 1.807) is 9.42 Å². The third-order valence-corrected chi connectivity index (χ3v) is 12.1. The van der Waals surface area contributed by atoms with Crippen molar-refractivity contribution in [3.8, 4) is 5.88 Å². The van der Waals surface area contributed by atoms with Crippen molar-refractivity contribution in [2.24, 2.45) is 5.92 Å². The number of benzene rings is 1. The van der Waals surface area contributed by atoms with Gasteiger partial charge in [0.25, 0.3) is 5.91 Å². The monoisotopic (exact) mass is 660 g/mol. The number of allylic oxidation sites excluding steroid dienone is 1. The van der Waals surface area contributed by atoms with Gasteiger partial charge in [-0.2, -0.15) is 9.61 Å². The first-order valence-electron chi connectivity index (χ1n) is 17.0. The van der Waals surface area contributed by atoms with Gasteiger partial charge in [0.15, 0.2) is 5.65 Å². The number of rotatable bonds is 6. The largest absolute Gasteiger partial charge is 0.472 e. The van der Waals surface area contributed by atoms with Gasteiger partial charge in [0.2, 0.25) is 27.7 Å². The van der Waals surface area contributed by atoms with E-state index in [2.05, 4.69) is 10.0 Å². The fraction of sp³-hybridized carbons (Fsp3) is 0.559. The number of sulfonamides is 1. The number of ether oxygens (including phenoxy) is 1. The molecule has 4 heterocycles. The number of nitrogens with zero attached hydrogens (tertiary/aromatic N) is 4. The Kier molecular flexibility index (Phi) is 7.49. The van der Waals surface area contributed by atoms with Gasteiger partial charge in [0.1, 0.15) is 17.7 Å². The normalized spacial score (nSPS) is 28.7. The molecular formula is C34H40N6O6S. The Hall–Kier alpha value is -4.00. The lowest BCUT2D eigenvalue weighted by molar-refractivity contribution is -0.139. The van der Waals surface area contributed by atoms with Crippen LogP contribution in [-0.4, -0.2) is 75.1 Å². The van der Waals surface area contributed by atoms with Crippen LogP contribution >= 0.6 is 0 Å². The molecule has 0 unspecified atom stereocenters. The second kappa shape index (κ2) is 11.6. The van der Waals surface area contributed by atoms with Gasteiger partial charge >= 0.3 is 0 Å². The molecule has 3 aliphatic carbocycles. The van der Waals surface area contributed by atoms with E-state index in [4.69, 9.17) is 14.8 Å². The molecule has 0 bridgehead atoms. The molecule has 2 N–H and O–H groups in total. The molecule has 0 radical (unpaired) electrons. The standard InChI is InChI=1S/C34H40N6O6S/c41-29-12-6-4-2-1-3-5-9-22-19-34(22,33(43)38-47(44,45)24-15-16-24)36-32(42)28-17-23(20-39(28)29)46-30-18-27(21-13-14-21)35-31-25-10-7-8-11-26(25)37-40(30)31/h5,7-11,18,21-24,28H,1-4,6,12-17,19-20H2,(H,36,42)(H,38,43)/t22-,23-,28+,34-/m1/s1. The highest BCUT2D eigenvalue weighted by molar-refractivity contribution is 7.91. The van der Waals surface area contributed by atoms with Gasteiger partial charge in [-0.05, 0) is 63.5 Å². The lowest BCUT2D eigenvalue weighted by Gasteiger charge is -2.26. The van der Waals surface area contributed by atoms with E-state index in [9.17, 15) is 22.8 Å². The summed E-state index contributed by atoms with van der Waals surface area (Å²) in [6.07, 6.45) is 11.8. The van der Waals surface area contributed by atoms with Crippen molar-refractivity contribution in [1.82, 2.24) is 29.5 Å². The summed E-state index contributed by atoms with van der Waals surface area (Å²) in [7, 11) is -3.81. The van der Waals surface area contributed by atoms with Crippen LogP contribution in [0.3, 0.4) is 0 Å². The zero-order valence-electron chi connectivity index (χ0n) is 26.3. The van der Waals surface area contributed by atoms with Crippen LogP contribution in [0.4, 0.5) is 0 Å². The van der Waals surface area contributed by atoms with Gasteiger partial charge in [-0.15, -0.1) is 0 Å². The molecule has 1 aromatic carbocycles. The van der Waals surface area contributed by atoms with Gasteiger partial charge in [-0.25, -0.2) is 13.4 Å². The highest BCUT2D eigenvalue weighted by Gasteiger charge is 2.62. The van der Waals surface area contributed by atoms with Crippen molar-refractivity contribution in [1.29, 1.82) is 0 Å². The van der Waals surface area contributed by atoms with E-state index in [0.29, 0.717) is 43.1 Å². The number of fused-ring (bicyclic) bond motifs is 5. The number of amides is 3. The molecular weight excluding hydrogens is 620 g/mol. The van der Waals surface area contributed by atoms with Crippen molar-refractivity contribution < 1.29 is 27.5 Å². The summed E-state index contributed by atoms with van der Waals surface area (Å²) in [5.41, 5.74) is 1.08. The Balaban J connectivity index is 1.08. The van der Waals surface area contributed by atoms with Crippen LogP contribution in [0.5, 0.6) is 5.88 Å². The molecule has 4 atom stereocenters. The SMILES string of the molecule is O=C1N[C@]2(C(=O)NS(=O)(=O)C3CC3)C[C@H]2C=CCCCCCCC(=O)N2C[C@H](Oc3cc(C4CC4)nc4c5ccccc5nn34)C[C@@H]12. The van der Waals surface area contributed by atoms with Crippen molar-refractivity contribution in [3.05, 3.63) is 48.2 Å². The zero-order chi connectivity index (χ0) is 32.3. The summed E-state index contributed by atoms with van der Waals surface area (Å²) in [5, 5.41) is 8.05. The number of hydrogen-bond acceptors (Lipinski definition) is 8. The molecule has 2 aliphatic heterocycles. The molecule has 1 saturated heterocycles. The van der Waals surface area contributed by atoms with Gasteiger partial charge < -0.3 is 15.0 Å². The summed E-state index contributed by atoms with van der Waals surface area (Å²) < 4.78 is 36.0. The number of carbonyl (C=O) groups is 3. The Morgan fingerprint density at radius 3 is 2.68 bits per heavy atom. The summed E-state index contributed by atoms with van der Waals surface area (Å²) in [4.78, 5) is 47.8. The second-order valence-electron chi connectivity index (χ2n) is 13.9. The Morgan fingerprint density at radius 1 is 1.06 bits per heavy atom. The molecule has 12 nitrogen and oxygen atoms in total. The average Bonchev–Trinajstić information content (AvgIpc) is 3.96. The van der Waals surface area contributed by atoms with E-state index >= 15 is 0 Å². The van der Waals surface area contributed by atoms with Gasteiger partial charge in [-0.3, -0.25) is 19.1 Å². The predicted octanol–water partition coefficient (Wildman–Crippen LogP) is 3.50. The lowest BCUT2D eigenvalue weighted by atomic mass is 10.1. The predicted molar refractivity (Wildman–Crippen MR) is 173 cm³/mol. The first-order valence-corrected chi connectivity index (χ1v) is 18.6. The van der Waals surface area contributed by atoms with Crippen LogP contribution in [-0.2, 0) is 24.4 Å². The topological polar surface area (TPSA) is 152 Å². The molecule has 47 heavy (non-hydrogen) atoms. The van der Waals surface area contributed by atoms with Crippen LogP contribution in [0.15, 0.2) is 42.5 Å². The first-order chi connectivity index (χ1) is 22.7. The molecule has 5 aliphatic rings. The zero-order valence-corrected chi connectivity index (χ0v) is 27.1. The first kappa shape index (κ1) is 30.3. The van der Waals surface area contributed by atoms with Crippen molar-refractivity contribution in [2.45, 2.75) is 106 Å². The van der Waals surface area contributed by atoms with Crippen LogP contribution in [0.2, 0.25) is 0 Å². The summed E-state index contributed by atoms with van der Waals surface area (Å²) in [6.45, 7) is 0.207. The molecule has 2 aromatic heterocycles. The smallest absolute Gasteiger partial charge is 0.259 e. The molecule has 0 spiro atoms. The minimum absolute atomic E-state index is 0.130. The summed E-state index contributed by atoms with van der Waals surface area (Å²) in [6, 6.07) is 8.86. The summed E-state index contributed by atoms with van der Waals surface area (Å²) in [5.74, 6) is -0.759. The molecule has 13 heteroatoms. The van der Waals surface area contributed by atoms with Gasteiger partial charge in [0.05, 0.1) is 23.0 Å². The fourth-order valence-electron chi connectivity index (χ4n) is 7.14. The third-order valence-electron chi connectivity index (χ3n) is 10.3. The number of carbonyl (C=O) groups excluding carboxylic acids is 3. The molecule has 3 saturated carbocycles. The minimum atomic E-state index is -3.81. The summed E-state index contributed by atoms with van der Waals surface area (Å²) >= 11 is 0. The maximum atomic E-state index is 14.1. The highest BCUT2D eigenvalue weighted by Crippen LogP contribution is 2.46. The van der Waals surface area contributed by atoms with E-state index in [1.165, 1.54) is 0 Å². The number of aromatic nitrogens is 3. The third kappa shape index (κ3) is 5.87. The molecule has 248 valence electrons. The van der Waals surface area contributed by atoms with E-state index in [0.717, 1.165) is 61.5 Å². The van der Waals surface area contributed by atoms with Crippen LogP contribution in [0.1, 0.15) is 88.7 Å². The number of nitrogens with one attached hydrogen (secondary N) is 2. The van der Waals surface area contributed by atoms with Crippen LogP contribution in [0.25, 0.3) is 16.6 Å². The lowest BCUT2D eigenvalue weighted by Crippen LogP contribution is -2.56. The van der Waals surface area contributed by atoms with Crippen molar-refractivity contribution in [3.63, 3.8) is 0 Å². The van der Waals surface area contributed by atoms with Gasteiger partial charge in [-0.1, -0.05) is 37.1 Å². The highest BCUT2D eigenvalue weighted by atomic mass is 32.2. The minimum Gasteiger partial charge on any atom is -0.472 e. The van der Waals surface area contributed by atoms with Crippen LogP contribution in [0, 0.1) is 5.92 Å². The number of hydrogen-bond donors (Lipinski definition) is 2. The maximum absolute atomic E-state index is 14.1. The van der Waals surface area contributed by atoms with Gasteiger partial charge in [0, 0.05) is 36.1 Å².